The van der Waals surface area contributed by atoms with Crippen LogP contribution in [0.2, 0.25) is 0 Å². The molecular weight excluding hydrogens is 741 g/mol. The molecule has 7 aromatic carbocycles. The summed E-state index contributed by atoms with van der Waals surface area (Å²) in [6, 6.07) is 47.2. The van der Waals surface area contributed by atoms with Gasteiger partial charge >= 0.3 is 315 Å². The molecule has 0 N–H and O–H groups in total. The number of halogens is 1. The molecule has 55 heavy (non-hydrogen) atoms. The molecule has 0 bridgehead atoms. The molecule has 2 aromatic heterocycles. The maximum absolute atomic E-state index is 16.7. The summed E-state index contributed by atoms with van der Waals surface area (Å²) in [5.41, 5.74) is 17.9. The minimum absolute atomic E-state index is 0.117. The molecule has 1 aliphatic carbocycles. The van der Waals surface area contributed by atoms with E-state index in [1.807, 2.05) is 32.0 Å². The first-order valence-corrected chi connectivity index (χ1v) is 20.4. The van der Waals surface area contributed by atoms with Gasteiger partial charge in [0.1, 0.15) is 0 Å². The Kier molecular flexibility index (Phi) is 7.99. The molecule has 264 valence electrons. The summed E-state index contributed by atoms with van der Waals surface area (Å²) >= 11 is 0.117. The number of aryl methyl sites for hydroxylation is 2. The van der Waals surface area contributed by atoms with E-state index in [0.29, 0.717) is 22.5 Å². The third-order valence-corrected chi connectivity index (χ3v) is 14.0. The molecule has 0 radical (unpaired) electrons. The van der Waals surface area contributed by atoms with Gasteiger partial charge in [0.15, 0.2) is 0 Å². The zero-order chi connectivity index (χ0) is 37.4. The van der Waals surface area contributed by atoms with Gasteiger partial charge in [0, 0.05) is 0 Å². The van der Waals surface area contributed by atoms with Crippen molar-refractivity contribution >= 4 is 33.8 Å². The molecule has 0 unspecified atom stereocenters. The Labute approximate surface area is 325 Å². The predicted octanol–water partition coefficient (Wildman–Crippen LogP) is 12.5. The van der Waals surface area contributed by atoms with Gasteiger partial charge in [-0.15, -0.1) is 0 Å². The summed E-state index contributed by atoms with van der Waals surface area (Å²) in [5.74, 6) is -0.288. The van der Waals surface area contributed by atoms with E-state index in [9.17, 15) is 0 Å². The van der Waals surface area contributed by atoms with Crippen LogP contribution >= 0.6 is 0 Å². The molecule has 0 saturated carbocycles. The van der Waals surface area contributed by atoms with Crippen molar-refractivity contribution < 1.29 is 4.39 Å². The second-order valence-corrected chi connectivity index (χ2v) is 16.9. The number of fused-ring (bicyclic) bond motifs is 6. The molecule has 0 spiro atoms. The van der Waals surface area contributed by atoms with Crippen molar-refractivity contribution in [3.8, 4) is 67.0 Å². The first-order valence-electron chi connectivity index (χ1n) is 18.7. The van der Waals surface area contributed by atoms with Crippen molar-refractivity contribution in [3.05, 3.63) is 173 Å². The van der Waals surface area contributed by atoms with Crippen molar-refractivity contribution in [1.82, 2.24) is 15.4 Å². The summed E-state index contributed by atoms with van der Waals surface area (Å²) < 4.78 is 19.4. The van der Waals surface area contributed by atoms with Crippen LogP contribution in [0.4, 0.5) is 4.39 Å². The number of nitrogens with zero attached hydrogens (tertiary/aromatic N) is 3. The maximum atomic E-state index is 16.7. The van der Waals surface area contributed by atoms with Crippen LogP contribution in [-0.4, -0.2) is 29.9 Å². The molecule has 10 rings (SSSR count). The predicted molar refractivity (Wildman–Crippen MR) is 226 cm³/mol. The average molecular weight is 777 g/mol. The second-order valence-electron chi connectivity index (χ2n) is 14.7. The van der Waals surface area contributed by atoms with Crippen molar-refractivity contribution in [3.63, 3.8) is 0 Å². The summed E-state index contributed by atoms with van der Waals surface area (Å²) in [5, 5.41) is 16.7. The van der Waals surface area contributed by atoms with Crippen LogP contribution in [0.1, 0.15) is 33.4 Å². The Morgan fingerprint density at radius 1 is 0.509 bits per heavy atom. The van der Waals surface area contributed by atoms with Gasteiger partial charge in [0.25, 0.3) is 0 Å². The topological polar surface area (TPSA) is 38.7 Å². The molecule has 9 aromatic rings. The van der Waals surface area contributed by atoms with Crippen LogP contribution in [0.5, 0.6) is 0 Å². The molecule has 0 amide bonds. The van der Waals surface area contributed by atoms with Crippen LogP contribution in [0.25, 0.3) is 86.3 Å². The fourth-order valence-electron chi connectivity index (χ4n) is 8.63. The summed E-state index contributed by atoms with van der Waals surface area (Å²) in [6.07, 6.45) is 0.845. The van der Waals surface area contributed by atoms with Gasteiger partial charge in [0.2, 0.25) is 0 Å². The van der Waals surface area contributed by atoms with Crippen molar-refractivity contribution in [2.24, 2.45) is 0 Å². The molecule has 0 fully saturated rings. The van der Waals surface area contributed by atoms with Crippen LogP contribution in [0.15, 0.2) is 133 Å². The number of benzene rings is 7. The van der Waals surface area contributed by atoms with Gasteiger partial charge in [0.05, 0.1) is 0 Å². The molecule has 0 atom stereocenters. The van der Waals surface area contributed by atoms with Crippen LogP contribution in [-0.2, 0) is 6.42 Å². The van der Waals surface area contributed by atoms with Crippen LogP contribution in [0.3, 0.4) is 0 Å². The first-order chi connectivity index (χ1) is 26.9. The first kappa shape index (κ1) is 33.6. The molecule has 0 saturated heterocycles. The van der Waals surface area contributed by atoms with Crippen molar-refractivity contribution in [2.45, 2.75) is 34.1 Å². The quantitative estimate of drug-likeness (QED) is 0.163. The standard InChI is InChI=1S/C50H36FN3Se/c1-28-22-23-39(48(51)31(28)4)49-47(37-19-11-10-18-36(37)44-30(3)29(2)26-40-34-17-9-8-16-33(34)27-41(40)44)50(53-54-52-49)46-35(32-14-6-5-7-15-32)24-25-43-45(46)38-20-12-13-21-42(38)55-43/h5-26H,27H2,1-4H3. The van der Waals surface area contributed by atoms with Crippen molar-refractivity contribution in [1.29, 1.82) is 0 Å². The van der Waals surface area contributed by atoms with E-state index in [2.05, 4.69) is 134 Å². The van der Waals surface area contributed by atoms with Gasteiger partial charge in [-0.25, -0.2) is 0 Å². The van der Waals surface area contributed by atoms with E-state index in [4.69, 9.17) is 10.2 Å². The number of hydrogen-bond acceptors (Lipinski definition) is 3. The van der Waals surface area contributed by atoms with Gasteiger partial charge < -0.3 is 0 Å². The third-order valence-electron chi connectivity index (χ3n) is 11.6. The van der Waals surface area contributed by atoms with Gasteiger partial charge in [-0.1, -0.05) is 12.1 Å². The fourth-order valence-corrected chi connectivity index (χ4v) is 11.0. The molecular formula is C50H36FN3Se. The SMILES string of the molecule is Cc1ccc(-c2nnnc(-c3c(-c4ccccc4)ccc4[se]c5ccccc5c34)c2-c2ccccc2-c2c(C)c(C)cc3c2Cc2ccccc2-3)c(F)c1C. The minimum atomic E-state index is -0.288. The van der Waals surface area contributed by atoms with Crippen LogP contribution < -0.4 is 0 Å². The van der Waals surface area contributed by atoms with E-state index >= 15 is 4.39 Å². The van der Waals surface area contributed by atoms with Gasteiger partial charge in [-0.3, -0.25) is 0 Å². The average Bonchev–Trinajstić information content (AvgIpc) is 3.78. The molecule has 1 aliphatic rings. The summed E-state index contributed by atoms with van der Waals surface area (Å²) in [4.78, 5) is 0. The molecule has 3 nitrogen and oxygen atoms in total. The van der Waals surface area contributed by atoms with E-state index < -0.39 is 0 Å². The van der Waals surface area contributed by atoms with Gasteiger partial charge in [-0.2, -0.15) is 0 Å². The zero-order valence-corrected chi connectivity index (χ0v) is 32.7. The Morgan fingerprint density at radius 2 is 1.18 bits per heavy atom. The number of aromatic nitrogens is 3. The van der Waals surface area contributed by atoms with Gasteiger partial charge in [-0.05, 0) is 0 Å². The van der Waals surface area contributed by atoms with E-state index in [1.54, 1.807) is 0 Å². The Bertz CT molecular complexity index is 3020. The van der Waals surface area contributed by atoms with Crippen molar-refractivity contribution in [2.75, 3.05) is 0 Å². The van der Waals surface area contributed by atoms with E-state index in [1.165, 1.54) is 58.2 Å². The molecule has 2 heterocycles. The fraction of sp³-hybridized carbons (Fsp3) is 0.100. The second kappa shape index (κ2) is 13.1. The van der Waals surface area contributed by atoms with Crippen LogP contribution in [0, 0.1) is 33.5 Å². The Morgan fingerprint density at radius 3 is 2.00 bits per heavy atom. The molecule has 0 aliphatic heterocycles. The van der Waals surface area contributed by atoms with E-state index in [-0.39, 0.29) is 20.3 Å². The number of hydrogen-bond donors (Lipinski definition) is 0. The zero-order valence-electron chi connectivity index (χ0n) is 31.0. The van der Waals surface area contributed by atoms with E-state index in [0.717, 1.165) is 45.4 Å². The third kappa shape index (κ3) is 5.26. The summed E-state index contributed by atoms with van der Waals surface area (Å²) in [7, 11) is 0. The summed E-state index contributed by atoms with van der Waals surface area (Å²) in [6.45, 7) is 8.22. The molecule has 5 heteroatoms. The number of rotatable bonds is 5. The monoisotopic (exact) mass is 777 g/mol. The normalized spacial score (nSPS) is 12.0. The Balaban J connectivity index is 1.37. The Hall–Kier alpha value is -6.00.